The van der Waals surface area contributed by atoms with Gasteiger partial charge in [-0.25, -0.2) is 0 Å². The number of carbonyl (C=O) groups is 1. The first-order valence-corrected chi connectivity index (χ1v) is 7.36. The number of halogens is 1. The van der Waals surface area contributed by atoms with Crippen LogP contribution in [0.4, 0.5) is 4.39 Å². The van der Waals surface area contributed by atoms with Crippen LogP contribution in [0.15, 0.2) is 0 Å². The molecule has 0 aliphatic heterocycles. The van der Waals surface area contributed by atoms with Gasteiger partial charge in [0.25, 0.3) is 0 Å². The van der Waals surface area contributed by atoms with E-state index in [0.717, 1.165) is 6.42 Å². The van der Waals surface area contributed by atoms with Crippen LogP contribution in [-0.4, -0.2) is 30.3 Å². The average molecular weight is 264 g/mol. The van der Waals surface area contributed by atoms with Gasteiger partial charge in [0.1, 0.15) is 5.25 Å². The Morgan fingerprint density at radius 2 is 1.88 bits per heavy atom. The molecule has 0 aromatic rings. The molecule has 0 amide bonds. The highest BCUT2D eigenvalue weighted by Crippen LogP contribution is 2.21. The van der Waals surface area contributed by atoms with Crippen molar-refractivity contribution in [2.45, 2.75) is 45.8 Å². The summed E-state index contributed by atoms with van der Waals surface area (Å²) in [5, 5.41) is -0.139. The maximum Gasteiger partial charge on any atom is 0.319 e. The zero-order chi connectivity index (χ0) is 13.3. The summed E-state index contributed by atoms with van der Waals surface area (Å²) in [6, 6.07) is 0. The molecule has 2 nitrogen and oxygen atoms in total. The summed E-state index contributed by atoms with van der Waals surface area (Å²) in [6.07, 6.45) is 1.31. The lowest BCUT2D eigenvalue weighted by atomic mass is 10.1. The van der Waals surface area contributed by atoms with Gasteiger partial charge in [0.2, 0.25) is 0 Å². The molecule has 0 saturated carbocycles. The lowest BCUT2D eigenvalue weighted by Crippen LogP contribution is -2.24. The second-order valence-corrected chi connectivity index (χ2v) is 6.37. The van der Waals surface area contributed by atoms with Crippen molar-refractivity contribution in [3.63, 3.8) is 0 Å². The summed E-state index contributed by atoms with van der Waals surface area (Å²) in [6.45, 7) is 8.35. The van der Waals surface area contributed by atoms with Gasteiger partial charge in [-0.15, -0.1) is 11.8 Å². The topological polar surface area (TPSA) is 26.3 Å². The van der Waals surface area contributed by atoms with Gasteiger partial charge in [-0.05, 0) is 30.4 Å². The van der Waals surface area contributed by atoms with Gasteiger partial charge in [0.15, 0.2) is 0 Å². The third-order valence-electron chi connectivity index (χ3n) is 2.10. The Balaban J connectivity index is 4.09. The Morgan fingerprint density at radius 1 is 1.24 bits per heavy atom. The molecule has 17 heavy (non-hydrogen) atoms. The Labute approximate surface area is 109 Å². The third-order valence-corrected chi connectivity index (χ3v) is 3.42. The normalized spacial score (nSPS) is 13.1. The summed E-state index contributed by atoms with van der Waals surface area (Å²) >= 11 is 1.52. The largest absolute Gasteiger partial charge is 0.465 e. The van der Waals surface area contributed by atoms with Gasteiger partial charge >= 0.3 is 5.97 Å². The van der Waals surface area contributed by atoms with E-state index in [1.807, 2.05) is 13.8 Å². The number of esters is 1. The van der Waals surface area contributed by atoms with E-state index in [4.69, 9.17) is 4.74 Å². The molecule has 0 aromatic carbocycles. The fourth-order valence-corrected chi connectivity index (χ4v) is 2.57. The quantitative estimate of drug-likeness (QED) is 0.469. The molecule has 1 unspecified atom stereocenters. The minimum Gasteiger partial charge on any atom is -0.465 e. The molecule has 0 heterocycles. The van der Waals surface area contributed by atoms with E-state index < -0.39 is 0 Å². The number of thioether (sulfide) groups is 1. The van der Waals surface area contributed by atoms with Crippen molar-refractivity contribution in [3.05, 3.63) is 0 Å². The van der Waals surface area contributed by atoms with Crippen LogP contribution in [0.25, 0.3) is 0 Å². The summed E-state index contributed by atoms with van der Waals surface area (Å²) in [4.78, 5) is 11.8. The molecule has 0 N–H and O–H groups in total. The van der Waals surface area contributed by atoms with Crippen LogP contribution in [0.1, 0.15) is 40.5 Å². The highest BCUT2D eigenvalue weighted by atomic mass is 32.2. The molecule has 102 valence electrons. The maximum atomic E-state index is 12.0. The predicted octanol–water partition coefficient (Wildman–Crippen LogP) is 3.69. The van der Waals surface area contributed by atoms with Crippen molar-refractivity contribution in [2.75, 3.05) is 19.0 Å². The van der Waals surface area contributed by atoms with Crippen molar-refractivity contribution in [1.29, 1.82) is 0 Å². The fraction of sp³-hybridized carbons (Fsp3) is 0.923. The summed E-state index contributed by atoms with van der Waals surface area (Å²) in [7, 11) is 0. The molecule has 0 spiro atoms. The van der Waals surface area contributed by atoms with Crippen molar-refractivity contribution in [1.82, 2.24) is 0 Å². The summed E-state index contributed by atoms with van der Waals surface area (Å²) in [5.74, 6) is 1.35. The first-order valence-electron chi connectivity index (χ1n) is 6.31. The number of hydrogen-bond donors (Lipinski definition) is 0. The van der Waals surface area contributed by atoms with Gasteiger partial charge in [-0.3, -0.25) is 9.18 Å². The minimum atomic E-state index is -0.317. The number of rotatable bonds is 9. The second-order valence-electron chi connectivity index (χ2n) is 5.06. The molecule has 1 atom stereocenters. The molecular weight excluding hydrogens is 239 g/mol. The van der Waals surface area contributed by atoms with Crippen LogP contribution in [0.2, 0.25) is 0 Å². The first-order chi connectivity index (χ1) is 7.97. The lowest BCUT2D eigenvalue weighted by Gasteiger charge is -2.18. The van der Waals surface area contributed by atoms with Gasteiger partial charge in [0, 0.05) is 0 Å². The van der Waals surface area contributed by atoms with Gasteiger partial charge in [-0.1, -0.05) is 27.7 Å². The molecule has 0 bridgehead atoms. The van der Waals surface area contributed by atoms with E-state index in [9.17, 15) is 9.18 Å². The van der Waals surface area contributed by atoms with E-state index >= 15 is 0 Å². The maximum absolute atomic E-state index is 12.0. The Kier molecular flexibility index (Phi) is 9.60. The van der Waals surface area contributed by atoms with Crippen LogP contribution in [0, 0.1) is 11.8 Å². The molecule has 0 fully saturated rings. The van der Waals surface area contributed by atoms with Crippen molar-refractivity contribution < 1.29 is 13.9 Å². The number of carbonyl (C=O) groups excluding carboxylic acids is 1. The number of ether oxygens (including phenoxy) is 1. The lowest BCUT2D eigenvalue weighted by molar-refractivity contribution is -0.144. The van der Waals surface area contributed by atoms with E-state index in [0.29, 0.717) is 30.6 Å². The zero-order valence-corrected chi connectivity index (χ0v) is 12.2. The highest BCUT2D eigenvalue weighted by molar-refractivity contribution is 8.00. The minimum absolute atomic E-state index is 0.139. The van der Waals surface area contributed by atoms with Crippen LogP contribution in [-0.2, 0) is 9.53 Å². The smallest absolute Gasteiger partial charge is 0.319 e. The molecule has 4 heteroatoms. The number of alkyl halides is 1. The second kappa shape index (κ2) is 9.75. The molecule has 0 aromatic heterocycles. The van der Waals surface area contributed by atoms with Crippen molar-refractivity contribution in [2.24, 2.45) is 11.8 Å². The standard InChI is InChI=1S/C13H25FO2S/c1-10(2)8-12(17-7-5-6-14)13(15)16-9-11(3)4/h10-12H,5-9H2,1-4H3. The molecule has 0 aliphatic rings. The monoisotopic (exact) mass is 264 g/mol. The van der Waals surface area contributed by atoms with Gasteiger partial charge in [-0.2, -0.15) is 0 Å². The Morgan fingerprint density at radius 3 is 2.35 bits per heavy atom. The molecule has 0 rings (SSSR count). The fourth-order valence-electron chi connectivity index (χ4n) is 1.28. The Hall–Kier alpha value is -0.250. The third kappa shape index (κ3) is 9.45. The SMILES string of the molecule is CC(C)COC(=O)C(CC(C)C)SCCCF. The van der Waals surface area contributed by atoms with Gasteiger partial charge < -0.3 is 4.74 Å². The van der Waals surface area contributed by atoms with Crippen LogP contribution < -0.4 is 0 Å². The average Bonchev–Trinajstić information content (AvgIpc) is 2.24. The molecular formula is C13H25FO2S. The van der Waals surface area contributed by atoms with E-state index in [1.54, 1.807) is 0 Å². The van der Waals surface area contributed by atoms with Crippen molar-refractivity contribution >= 4 is 17.7 Å². The Bertz CT molecular complexity index is 208. The van der Waals surface area contributed by atoms with E-state index in [-0.39, 0.29) is 17.9 Å². The molecule has 0 radical (unpaired) electrons. The van der Waals surface area contributed by atoms with E-state index in [2.05, 4.69) is 13.8 Å². The molecule has 0 aliphatic carbocycles. The zero-order valence-electron chi connectivity index (χ0n) is 11.4. The predicted molar refractivity (Wildman–Crippen MR) is 72.1 cm³/mol. The van der Waals surface area contributed by atoms with Crippen molar-refractivity contribution in [3.8, 4) is 0 Å². The van der Waals surface area contributed by atoms with E-state index in [1.165, 1.54) is 11.8 Å². The van der Waals surface area contributed by atoms with Crippen LogP contribution in [0.5, 0.6) is 0 Å². The van der Waals surface area contributed by atoms with Crippen LogP contribution >= 0.6 is 11.8 Å². The summed E-state index contributed by atoms with van der Waals surface area (Å²) < 4.78 is 17.3. The summed E-state index contributed by atoms with van der Waals surface area (Å²) in [5.41, 5.74) is 0. The van der Waals surface area contributed by atoms with Gasteiger partial charge in [0.05, 0.1) is 13.3 Å². The first kappa shape index (κ1) is 16.8. The molecule has 0 saturated heterocycles. The highest BCUT2D eigenvalue weighted by Gasteiger charge is 2.21. The van der Waals surface area contributed by atoms with Crippen LogP contribution in [0.3, 0.4) is 0 Å². The number of hydrogen-bond acceptors (Lipinski definition) is 3.